The molecule has 0 radical (unpaired) electrons. The molecule has 0 saturated carbocycles. The number of rotatable bonds is 2. The molecule has 4 heterocycles. The zero-order valence-corrected chi connectivity index (χ0v) is 11.6. The maximum absolute atomic E-state index is 5.71. The van der Waals surface area contributed by atoms with Crippen molar-refractivity contribution in [2.75, 3.05) is 23.7 Å². The van der Waals surface area contributed by atoms with Crippen LogP contribution in [0.5, 0.6) is 0 Å². The van der Waals surface area contributed by atoms with Crippen molar-refractivity contribution in [1.82, 2.24) is 19.9 Å². The Hall–Kier alpha value is -2.63. The van der Waals surface area contributed by atoms with Gasteiger partial charge in [-0.05, 0) is 25.0 Å². The first-order valence-electron chi connectivity index (χ1n) is 7.13. The molecule has 0 amide bonds. The number of nitrogens with two attached hydrogens (primary N) is 1. The molecule has 0 spiro atoms. The minimum absolute atomic E-state index is 0.286. The quantitative estimate of drug-likeness (QED) is 0.752. The topological polar surface area (TPSA) is 83.7 Å². The first-order valence-corrected chi connectivity index (χ1v) is 7.13. The highest BCUT2D eigenvalue weighted by molar-refractivity contribution is 6.02. The van der Waals surface area contributed by atoms with E-state index in [0.717, 1.165) is 35.4 Å². The summed E-state index contributed by atoms with van der Waals surface area (Å²) >= 11 is 0. The first kappa shape index (κ1) is 12.1. The lowest BCUT2D eigenvalue weighted by molar-refractivity contribution is 0.949. The molecule has 1 aliphatic heterocycles. The number of hydrogen-bond donors (Lipinski definition) is 2. The van der Waals surface area contributed by atoms with Crippen molar-refractivity contribution in [3.05, 3.63) is 30.7 Å². The van der Waals surface area contributed by atoms with Gasteiger partial charge in [0.1, 0.15) is 5.65 Å². The van der Waals surface area contributed by atoms with Crippen molar-refractivity contribution in [3.8, 4) is 11.3 Å². The van der Waals surface area contributed by atoms with Crippen molar-refractivity contribution >= 4 is 22.7 Å². The number of fused-ring (bicyclic) bond motifs is 1. The van der Waals surface area contributed by atoms with Crippen LogP contribution in [0.15, 0.2) is 30.7 Å². The monoisotopic (exact) mass is 280 g/mol. The molecule has 6 heteroatoms. The molecule has 21 heavy (non-hydrogen) atoms. The molecular weight excluding hydrogens is 264 g/mol. The molecule has 1 fully saturated rings. The van der Waals surface area contributed by atoms with E-state index < -0.39 is 0 Å². The Labute approximate surface area is 122 Å². The number of nitrogens with one attached hydrogen (secondary N) is 1. The largest absolute Gasteiger partial charge is 0.371 e. The molecule has 0 atom stereocenters. The molecule has 1 saturated heterocycles. The Morgan fingerprint density at radius 3 is 2.71 bits per heavy atom. The van der Waals surface area contributed by atoms with Gasteiger partial charge in [0.2, 0.25) is 5.95 Å². The van der Waals surface area contributed by atoms with E-state index in [1.54, 1.807) is 6.20 Å². The summed E-state index contributed by atoms with van der Waals surface area (Å²) in [4.78, 5) is 18.4. The summed E-state index contributed by atoms with van der Waals surface area (Å²) in [6.45, 7) is 2.19. The Balaban J connectivity index is 1.93. The number of H-pyrrole nitrogens is 1. The van der Waals surface area contributed by atoms with Crippen LogP contribution in [0.3, 0.4) is 0 Å². The van der Waals surface area contributed by atoms with E-state index in [9.17, 15) is 0 Å². The average Bonchev–Trinajstić information content (AvgIpc) is 3.16. The number of aromatic amines is 1. The highest BCUT2D eigenvalue weighted by Gasteiger charge is 2.19. The summed E-state index contributed by atoms with van der Waals surface area (Å²) in [6.07, 6.45) is 7.96. The number of anilines is 2. The smallest absolute Gasteiger partial charge is 0.220 e. The molecule has 0 aliphatic carbocycles. The van der Waals surface area contributed by atoms with Crippen LogP contribution < -0.4 is 10.6 Å². The van der Waals surface area contributed by atoms with E-state index in [0.29, 0.717) is 0 Å². The van der Waals surface area contributed by atoms with Crippen LogP contribution in [0.1, 0.15) is 12.8 Å². The van der Waals surface area contributed by atoms with E-state index in [2.05, 4.69) is 30.9 Å². The first-order chi connectivity index (χ1) is 10.3. The Morgan fingerprint density at radius 2 is 1.90 bits per heavy atom. The van der Waals surface area contributed by atoms with Gasteiger partial charge in [0.05, 0.1) is 11.1 Å². The highest BCUT2D eigenvalue weighted by Crippen LogP contribution is 2.35. The SMILES string of the molecule is Nc1nccc(-c2c[nH]c3nccc(N4CCCC4)c23)n1. The lowest BCUT2D eigenvalue weighted by Crippen LogP contribution is -2.17. The predicted octanol–water partition coefficient (Wildman–Crippen LogP) is 2.20. The second kappa shape index (κ2) is 4.73. The number of hydrogen-bond acceptors (Lipinski definition) is 5. The fourth-order valence-electron chi connectivity index (χ4n) is 2.99. The molecule has 3 aromatic heterocycles. The second-order valence-electron chi connectivity index (χ2n) is 5.25. The summed E-state index contributed by atoms with van der Waals surface area (Å²) in [7, 11) is 0. The minimum Gasteiger partial charge on any atom is -0.371 e. The highest BCUT2D eigenvalue weighted by atomic mass is 15.1. The van der Waals surface area contributed by atoms with E-state index in [1.165, 1.54) is 18.5 Å². The molecule has 4 rings (SSSR count). The standard InChI is InChI=1S/C15H16N6/c16-15-18-5-3-11(20-15)10-9-19-14-13(10)12(4-6-17-14)21-7-1-2-8-21/h3-6,9H,1-2,7-8H2,(H,17,19)(H2,16,18,20). The normalized spacial score (nSPS) is 15.0. The van der Waals surface area contributed by atoms with E-state index >= 15 is 0 Å². The third-order valence-corrected chi connectivity index (χ3v) is 3.95. The lowest BCUT2D eigenvalue weighted by atomic mass is 10.1. The second-order valence-corrected chi connectivity index (χ2v) is 5.25. The zero-order valence-electron chi connectivity index (χ0n) is 11.6. The van der Waals surface area contributed by atoms with E-state index in [4.69, 9.17) is 5.73 Å². The van der Waals surface area contributed by atoms with Crippen LogP contribution in [0.2, 0.25) is 0 Å². The number of nitrogen functional groups attached to an aromatic ring is 1. The van der Waals surface area contributed by atoms with Crippen LogP contribution in [0.4, 0.5) is 11.6 Å². The van der Waals surface area contributed by atoms with Gasteiger partial charge in [-0.1, -0.05) is 0 Å². The van der Waals surface area contributed by atoms with Gasteiger partial charge in [0, 0.05) is 42.9 Å². The molecule has 0 unspecified atom stereocenters. The third-order valence-electron chi connectivity index (χ3n) is 3.95. The maximum Gasteiger partial charge on any atom is 0.220 e. The van der Waals surface area contributed by atoms with Gasteiger partial charge in [-0.3, -0.25) is 0 Å². The van der Waals surface area contributed by atoms with Crippen LogP contribution >= 0.6 is 0 Å². The summed E-state index contributed by atoms with van der Waals surface area (Å²) in [5.41, 5.74) is 9.65. The number of pyridine rings is 1. The van der Waals surface area contributed by atoms with E-state index in [-0.39, 0.29) is 5.95 Å². The molecule has 6 nitrogen and oxygen atoms in total. The third kappa shape index (κ3) is 1.99. The molecule has 106 valence electrons. The lowest BCUT2D eigenvalue weighted by Gasteiger charge is -2.19. The zero-order chi connectivity index (χ0) is 14.2. The molecule has 3 aromatic rings. The van der Waals surface area contributed by atoms with Gasteiger partial charge in [0.25, 0.3) is 0 Å². The van der Waals surface area contributed by atoms with Crippen LogP contribution in [0, 0.1) is 0 Å². The van der Waals surface area contributed by atoms with Gasteiger partial charge < -0.3 is 15.6 Å². The van der Waals surface area contributed by atoms with Crippen LogP contribution in [0.25, 0.3) is 22.3 Å². The fourth-order valence-corrected chi connectivity index (χ4v) is 2.99. The van der Waals surface area contributed by atoms with Gasteiger partial charge in [0.15, 0.2) is 0 Å². The van der Waals surface area contributed by atoms with Crippen molar-refractivity contribution in [2.24, 2.45) is 0 Å². The van der Waals surface area contributed by atoms with Gasteiger partial charge >= 0.3 is 0 Å². The van der Waals surface area contributed by atoms with Gasteiger partial charge in [-0.2, -0.15) is 0 Å². The van der Waals surface area contributed by atoms with Crippen LogP contribution in [-0.2, 0) is 0 Å². The van der Waals surface area contributed by atoms with Crippen LogP contribution in [-0.4, -0.2) is 33.0 Å². The van der Waals surface area contributed by atoms with E-state index in [1.807, 2.05) is 18.5 Å². The summed E-state index contributed by atoms with van der Waals surface area (Å²) in [6, 6.07) is 3.95. The molecule has 3 N–H and O–H groups in total. The van der Waals surface area contributed by atoms with Gasteiger partial charge in [-0.15, -0.1) is 0 Å². The number of aromatic nitrogens is 4. The Morgan fingerprint density at radius 1 is 1.10 bits per heavy atom. The van der Waals surface area contributed by atoms with Gasteiger partial charge in [-0.25, -0.2) is 15.0 Å². The average molecular weight is 280 g/mol. The summed E-state index contributed by atoms with van der Waals surface area (Å²) < 4.78 is 0. The maximum atomic E-state index is 5.71. The number of nitrogens with zero attached hydrogens (tertiary/aromatic N) is 4. The molecule has 0 aromatic carbocycles. The van der Waals surface area contributed by atoms with Crippen molar-refractivity contribution in [1.29, 1.82) is 0 Å². The fraction of sp³-hybridized carbons (Fsp3) is 0.267. The summed E-state index contributed by atoms with van der Waals surface area (Å²) in [5, 5.41) is 1.11. The Kier molecular flexibility index (Phi) is 2.73. The summed E-state index contributed by atoms with van der Waals surface area (Å²) in [5.74, 6) is 0.286. The van der Waals surface area contributed by atoms with Crippen molar-refractivity contribution in [3.63, 3.8) is 0 Å². The molecule has 0 bridgehead atoms. The minimum atomic E-state index is 0.286. The molecule has 1 aliphatic rings. The van der Waals surface area contributed by atoms with Crippen molar-refractivity contribution in [2.45, 2.75) is 12.8 Å². The molecular formula is C15H16N6. The predicted molar refractivity (Wildman–Crippen MR) is 83.0 cm³/mol. The Bertz CT molecular complexity index is 788. The van der Waals surface area contributed by atoms with Crippen molar-refractivity contribution < 1.29 is 0 Å².